The Labute approximate surface area is 176 Å². The van der Waals surface area contributed by atoms with E-state index in [1.165, 1.54) is 0 Å². The van der Waals surface area contributed by atoms with E-state index in [1.807, 2.05) is 0 Å². The maximum Gasteiger partial charge on any atom is 0.410 e. The molecule has 2 aromatic heterocycles. The smallest absolute Gasteiger partial charge is 0.410 e. The molecule has 0 radical (unpaired) electrons. The molecule has 9 nitrogen and oxygen atoms in total. The van der Waals surface area contributed by atoms with Crippen LogP contribution in [0.25, 0.3) is 11.0 Å². The number of ether oxygens (including phenoxy) is 2. The molecule has 2 fully saturated rings. The van der Waals surface area contributed by atoms with Gasteiger partial charge in [0.05, 0.1) is 30.8 Å². The average molecular weight is 435 g/mol. The van der Waals surface area contributed by atoms with Crippen molar-refractivity contribution in [3.8, 4) is 0 Å². The van der Waals surface area contributed by atoms with Crippen LogP contribution in [-0.4, -0.2) is 71.8 Å². The normalized spacial score (nSPS) is 22.0. The third-order valence-corrected chi connectivity index (χ3v) is 5.49. The number of aromatic amines is 1. The van der Waals surface area contributed by atoms with Crippen molar-refractivity contribution in [2.45, 2.75) is 18.6 Å². The van der Waals surface area contributed by atoms with Crippen LogP contribution in [0.1, 0.15) is 12.0 Å². The molecule has 0 aliphatic carbocycles. The lowest BCUT2D eigenvalue weighted by atomic mass is 10.1. The van der Waals surface area contributed by atoms with E-state index >= 15 is 0 Å². The van der Waals surface area contributed by atoms with Gasteiger partial charge in [-0.1, -0.05) is 11.6 Å². The Morgan fingerprint density at radius 2 is 2.30 bits per heavy atom. The molecule has 1 atom stereocenters. The van der Waals surface area contributed by atoms with E-state index in [4.69, 9.17) is 21.1 Å². The number of nitrogens with zero attached hydrogens (tertiary/aromatic N) is 3. The maximum atomic E-state index is 14.4. The first kappa shape index (κ1) is 19.1. The number of fused-ring (bicyclic) bond motifs is 1. The van der Waals surface area contributed by atoms with Gasteiger partial charge in [0.2, 0.25) is 0 Å². The minimum absolute atomic E-state index is 0.0779. The Balaban J connectivity index is 1.20. The fraction of sp³-hybridized carbons (Fsp3) is 0.421. The summed E-state index contributed by atoms with van der Waals surface area (Å²) in [6, 6.07) is 1.70. The SMILES string of the molecule is O=C(O[C@H]1CCOC1)N1CC(NC2=C(F)CN=C(c3c[nH]c4ncc(Cl)cc34)N2)C1. The minimum Gasteiger partial charge on any atom is -0.444 e. The molecule has 158 valence electrons. The molecule has 3 aliphatic heterocycles. The summed E-state index contributed by atoms with van der Waals surface area (Å²) in [5.74, 6) is 0.386. The molecule has 0 aromatic carbocycles. The number of carbonyl (C=O) groups excluding carboxylic acids is 1. The molecule has 0 unspecified atom stereocenters. The van der Waals surface area contributed by atoms with Gasteiger partial charge in [-0.15, -0.1) is 0 Å². The predicted octanol–water partition coefficient (Wildman–Crippen LogP) is 1.90. The third-order valence-electron chi connectivity index (χ3n) is 5.29. The van der Waals surface area contributed by atoms with Crippen molar-refractivity contribution in [1.82, 2.24) is 25.5 Å². The van der Waals surface area contributed by atoms with Crippen molar-refractivity contribution in [2.75, 3.05) is 32.8 Å². The van der Waals surface area contributed by atoms with Gasteiger partial charge in [0.25, 0.3) is 0 Å². The molecular formula is C19H20ClFN6O3. The Morgan fingerprint density at radius 1 is 1.43 bits per heavy atom. The van der Waals surface area contributed by atoms with Crippen molar-refractivity contribution in [2.24, 2.45) is 4.99 Å². The van der Waals surface area contributed by atoms with E-state index in [0.29, 0.717) is 42.8 Å². The number of likely N-dealkylation sites (tertiary alicyclic amines) is 1. The quantitative estimate of drug-likeness (QED) is 0.679. The summed E-state index contributed by atoms with van der Waals surface area (Å²) in [6.07, 6.45) is 3.50. The van der Waals surface area contributed by atoms with Crippen LogP contribution in [0, 0.1) is 0 Å². The molecule has 0 spiro atoms. The molecule has 1 amide bonds. The number of pyridine rings is 1. The lowest BCUT2D eigenvalue weighted by Crippen LogP contribution is -2.61. The largest absolute Gasteiger partial charge is 0.444 e. The average Bonchev–Trinajstić information content (AvgIpc) is 3.35. The van der Waals surface area contributed by atoms with Crippen LogP contribution in [-0.2, 0) is 9.47 Å². The van der Waals surface area contributed by atoms with Gasteiger partial charge in [-0.3, -0.25) is 4.99 Å². The molecule has 3 aliphatic rings. The number of amides is 1. The van der Waals surface area contributed by atoms with E-state index in [-0.39, 0.29) is 36.4 Å². The topological polar surface area (TPSA) is 104 Å². The zero-order valence-corrected chi connectivity index (χ0v) is 16.7. The van der Waals surface area contributed by atoms with E-state index in [1.54, 1.807) is 23.4 Å². The second kappa shape index (κ2) is 7.77. The molecule has 5 heterocycles. The van der Waals surface area contributed by atoms with E-state index in [2.05, 4.69) is 25.6 Å². The highest BCUT2D eigenvalue weighted by Gasteiger charge is 2.35. The fourth-order valence-electron chi connectivity index (χ4n) is 3.64. The third kappa shape index (κ3) is 3.68. The second-order valence-electron chi connectivity index (χ2n) is 7.44. The van der Waals surface area contributed by atoms with Gasteiger partial charge in [-0.2, -0.15) is 0 Å². The number of hydrogen-bond acceptors (Lipinski definition) is 7. The van der Waals surface area contributed by atoms with E-state index in [9.17, 15) is 9.18 Å². The highest BCUT2D eigenvalue weighted by molar-refractivity contribution is 6.31. The van der Waals surface area contributed by atoms with Crippen LogP contribution in [0.4, 0.5) is 9.18 Å². The van der Waals surface area contributed by atoms with Crippen molar-refractivity contribution in [3.63, 3.8) is 0 Å². The van der Waals surface area contributed by atoms with Gasteiger partial charge in [-0.05, 0) is 6.07 Å². The zero-order chi connectivity index (χ0) is 20.7. The fourth-order valence-corrected chi connectivity index (χ4v) is 3.80. The highest BCUT2D eigenvalue weighted by Crippen LogP contribution is 2.23. The number of carbonyl (C=O) groups is 1. The lowest BCUT2D eigenvalue weighted by molar-refractivity contribution is 0.0320. The van der Waals surface area contributed by atoms with Crippen LogP contribution >= 0.6 is 11.6 Å². The predicted molar refractivity (Wildman–Crippen MR) is 108 cm³/mol. The van der Waals surface area contributed by atoms with Crippen LogP contribution in [0.5, 0.6) is 0 Å². The number of H-pyrrole nitrogens is 1. The second-order valence-corrected chi connectivity index (χ2v) is 7.87. The first-order chi connectivity index (χ1) is 14.6. The molecule has 2 aromatic rings. The lowest BCUT2D eigenvalue weighted by Gasteiger charge is -2.40. The number of aromatic nitrogens is 2. The number of nitrogens with one attached hydrogen (secondary N) is 3. The first-order valence-electron chi connectivity index (χ1n) is 9.70. The molecular weight excluding hydrogens is 415 g/mol. The number of halogens is 2. The molecule has 2 saturated heterocycles. The van der Waals surface area contributed by atoms with E-state index in [0.717, 1.165) is 17.4 Å². The summed E-state index contributed by atoms with van der Waals surface area (Å²) in [5, 5.41) is 7.44. The van der Waals surface area contributed by atoms with Crippen molar-refractivity contribution in [1.29, 1.82) is 0 Å². The van der Waals surface area contributed by atoms with Crippen LogP contribution in [0.3, 0.4) is 0 Å². The first-order valence-corrected chi connectivity index (χ1v) is 10.1. The summed E-state index contributed by atoms with van der Waals surface area (Å²) >= 11 is 6.06. The van der Waals surface area contributed by atoms with Gasteiger partial charge >= 0.3 is 6.09 Å². The van der Waals surface area contributed by atoms with Crippen molar-refractivity contribution < 1.29 is 18.7 Å². The number of aliphatic imine (C=N–C) groups is 1. The monoisotopic (exact) mass is 434 g/mol. The Morgan fingerprint density at radius 3 is 3.10 bits per heavy atom. The van der Waals surface area contributed by atoms with Gasteiger partial charge in [0.15, 0.2) is 5.83 Å². The molecule has 11 heteroatoms. The van der Waals surface area contributed by atoms with E-state index < -0.39 is 0 Å². The molecule has 3 N–H and O–H groups in total. The van der Waals surface area contributed by atoms with Gasteiger partial charge in [0.1, 0.15) is 23.4 Å². The Bertz CT molecular complexity index is 1040. The van der Waals surface area contributed by atoms with Gasteiger partial charge < -0.3 is 30.0 Å². The Hall–Kier alpha value is -2.85. The van der Waals surface area contributed by atoms with Crippen molar-refractivity contribution in [3.05, 3.63) is 40.7 Å². The Kier molecular flexibility index (Phi) is 4.95. The van der Waals surface area contributed by atoms with Gasteiger partial charge in [-0.25, -0.2) is 14.2 Å². The van der Waals surface area contributed by atoms with Crippen LogP contribution < -0.4 is 10.6 Å². The number of rotatable bonds is 4. The molecule has 0 saturated carbocycles. The minimum atomic E-state index is -0.390. The molecule has 5 rings (SSSR count). The zero-order valence-electron chi connectivity index (χ0n) is 16.0. The maximum absolute atomic E-state index is 14.4. The summed E-state index contributed by atoms with van der Waals surface area (Å²) in [5.41, 5.74) is 1.42. The summed E-state index contributed by atoms with van der Waals surface area (Å²) in [4.78, 5) is 25.3. The van der Waals surface area contributed by atoms with Gasteiger partial charge in [0, 0.05) is 42.9 Å². The van der Waals surface area contributed by atoms with Crippen molar-refractivity contribution >= 4 is 34.6 Å². The summed E-state index contributed by atoms with van der Waals surface area (Å²) in [7, 11) is 0. The number of hydrogen-bond donors (Lipinski definition) is 3. The molecule has 30 heavy (non-hydrogen) atoms. The van der Waals surface area contributed by atoms with Crippen LogP contribution in [0.2, 0.25) is 5.02 Å². The van der Waals surface area contributed by atoms with Crippen LogP contribution in [0.15, 0.2) is 35.1 Å². The summed E-state index contributed by atoms with van der Waals surface area (Å²) < 4.78 is 25.0. The number of amidine groups is 1. The highest BCUT2D eigenvalue weighted by atomic mass is 35.5. The molecule has 0 bridgehead atoms. The standard InChI is InChI=1S/C19H20ClFN6O3/c20-10-3-13-14(5-23-16(13)22-4-10)17-24-6-15(21)18(26-17)25-11-7-27(8-11)19(28)30-12-1-2-29-9-12/h3-5,11-12,25H,1-2,6-9H2,(H,22,23)(H,24,26)/t12-/m0/s1. The summed E-state index contributed by atoms with van der Waals surface area (Å²) in [6.45, 7) is 1.85.